The van der Waals surface area contributed by atoms with Crippen molar-refractivity contribution in [1.82, 2.24) is 0 Å². The number of rotatable bonds is 9. The number of hydrogen-bond acceptors (Lipinski definition) is 8. The zero-order chi connectivity index (χ0) is 23.9. The topological polar surface area (TPSA) is 105 Å². The Morgan fingerprint density at radius 2 is 0.912 bits per heavy atom. The standard InChI is InChI=1S/C24H16N2O6S2/c27-25(28)23-19(31-17-9-3-1-4-10-17)13-7-15-21(23)33-34-22-16-8-14-20(24(22)26(29)30)32-18-11-5-2-6-12-18/h1-16H. The lowest BCUT2D eigenvalue weighted by Crippen LogP contribution is -1.96. The van der Waals surface area contributed by atoms with Crippen molar-refractivity contribution in [3.63, 3.8) is 0 Å². The van der Waals surface area contributed by atoms with Crippen molar-refractivity contribution in [1.29, 1.82) is 0 Å². The predicted octanol–water partition coefficient (Wildman–Crippen LogP) is 7.89. The highest BCUT2D eigenvalue weighted by Gasteiger charge is 2.26. The number of nitro groups is 2. The summed E-state index contributed by atoms with van der Waals surface area (Å²) >= 11 is 0. The normalized spacial score (nSPS) is 10.5. The minimum atomic E-state index is -0.523. The number of hydrogen-bond donors (Lipinski definition) is 0. The lowest BCUT2D eigenvalue weighted by atomic mass is 10.3. The van der Waals surface area contributed by atoms with Gasteiger partial charge in [0.1, 0.15) is 21.3 Å². The third-order valence-corrected chi connectivity index (χ3v) is 6.88. The first-order valence-electron chi connectivity index (χ1n) is 9.88. The first-order valence-corrected chi connectivity index (χ1v) is 12.0. The van der Waals surface area contributed by atoms with Crippen LogP contribution in [0.15, 0.2) is 107 Å². The Morgan fingerprint density at radius 3 is 1.26 bits per heavy atom. The highest BCUT2D eigenvalue weighted by Crippen LogP contribution is 2.49. The average molecular weight is 493 g/mol. The molecule has 0 saturated carbocycles. The zero-order valence-corrected chi connectivity index (χ0v) is 19.0. The molecule has 10 heteroatoms. The molecule has 0 radical (unpaired) electrons. The van der Waals surface area contributed by atoms with E-state index in [4.69, 9.17) is 9.47 Å². The molecule has 8 nitrogen and oxygen atoms in total. The first kappa shape index (κ1) is 23.1. The Morgan fingerprint density at radius 1 is 0.529 bits per heavy atom. The second-order valence-corrected chi connectivity index (χ2v) is 8.93. The van der Waals surface area contributed by atoms with E-state index in [0.29, 0.717) is 21.3 Å². The molecule has 0 aliphatic carbocycles. The van der Waals surface area contributed by atoms with Gasteiger partial charge in [0, 0.05) is 0 Å². The van der Waals surface area contributed by atoms with Gasteiger partial charge in [-0.05, 0) is 70.1 Å². The molecule has 0 spiro atoms. The summed E-state index contributed by atoms with van der Waals surface area (Å²) in [5.74, 6) is 1.08. The average Bonchev–Trinajstić information content (AvgIpc) is 2.84. The smallest absolute Gasteiger partial charge is 0.325 e. The molecule has 0 aromatic heterocycles. The molecular weight excluding hydrogens is 476 g/mol. The Kier molecular flexibility index (Phi) is 7.31. The number of benzene rings is 4. The van der Waals surface area contributed by atoms with Gasteiger partial charge in [-0.1, -0.05) is 48.5 Å². The van der Waals surface area contributed by atoms with Gasteiger partial charge >= 0.3 is 11.4 Å². The van der Waals surface area contributed by atoms with Crippen molar-refractivity contribution in [2.24, 2.45) is 0 Å². The van der Waals surface area contributed by atoms with Crippen LogP contribution in [0.3, 0.4) is 0 Å². The molecule has 170 valence electrons. The minimum Gasteiger partial charge on any atom is -0.450 e. The quantitative estimate of drug-likeness (QED) is 0.132. The third-order valence-electron chi connectivity index (χ3n) is 4.45. The van der Waals surface area contributed by atoms with E-state index in [2.05, 4.69) is 0 Å². The number of ether oxygens (including phenoxy) is 2. The summed E-state index contributed by atoms with van der Waals surface area (Å²) in [6.45, 7) is 0. The number of nitro benzene ring substituents is 2. The molecule has 0 N–H and O–H groups in total. The van der Waals surface area contributed by atoms with E-state index >= 15 is 0 Å². The summed E-state index contributed by atoms with van der Waals surface area (Å²) in [6, 6.07) is 26.9. The first-order chi connectivity index (χ1) is 16.5. The molecule has 0 heterocycles. The summed E-state index contributed by atoms with van der Waals surface area (Å²) in [7, 11) is 2.07. The van der Waals surface area contributed by atoms with Crippen molar-refractivity contribution in [2.45, 2.75) is 9.79 Å². The van der Waals surface area contributed by atoms with Gasteiger partial charge < -0.3 is 9.47 Å². The SMILES string of the molecule is O=[N+]([O-])c1c(Oc2ccccc2)cccc1SSc1cccc(Oc2ccccc2)c1[N+](=O)[O-]. The van der Waals surface area contributed by atoms with Crippen molar-refractivity contribution in [2.75, 3.05) is 0 Å². The zero-order valence-electron chi connectivity index (χ0n) is 17.4. The molecule has 0 saturated heterocycles. The summed E-state index contributed by atoms with van der Waals surface area (Å²) in [4.78, 5) is 23.3. The van der Waals surface area contributed by atoms with Gasteiger partial charge in [-0.25, -0.2) is 0 Å². The molecule has 0 unspecified atom stereocenters. The molecule has 4 rings (SSSR count). The van der Waals surface area contributed by atoms with E-state index in [1.807, 2.05) is 12.1 Å². The van der Waals surface area contributed by atoms with Crippen molar-refractivity contribution in [3.05, 3.63) is 117 Å². The van der Waals surface area contributed by atoms with Crippen LogP contribution in [0.5, 0.6) is 23.0 Å². The highest BCUT2D eigenvalue weighted by atomic mass is 33.1. The molecule has 0 bridgehead atoms. The highest BCUT2D eigenvalue weighted by molar-refractivity contribution is 8.76. The van der Waals surface area contributed by atoms with E-state index in [-0.39, 0.29) is 22.9 Å². The van der Waals surface area contributed by atoms with Crippen LogP contribution in [0.2, 0.25) is 0 Å². The van der Waals surface area contributed by atoms with Gasteiger partial charge in [0.25, 0.3) is 0 Å². The summed E-state index contributed by atoms with van der Waals surface area (Å²) in [5, 5.41) is 23.7. The van der Waals surface area contributed by atoms with Gasteiger partial charge in [0.15, 0.2) is 0 Å². The molecular formula is C24H16N2O6S2. The van der Waals surface area contributed by atoms with Crippen LogP contribution in [0, 0.1) is 20.2 Å². The van der Waals surface area contributed by atoms with Crippen LogP contribution < -0.4 is 9.47 Å². The van der Waals surface area contributed by atoms with Crippen LogP contribution in [-0.4, -0.2) is 9.85 Å². The Bertz CT molecular complexity index is 1220. The molecule has 0 fully saturated rings. The number of para-hydroxylation sites is 4. The molecule has 4 aromatic carbocycles. The van der Waals surface area contributed by atoms with Crippen LogP contribution in [0.25, 0.3) is 0 Å². The van der Waals surface area contributed by atoms with Crippen LogP contribution in [0.4, 0.5) is 11.4 Å². The molecule has 4 aromatic rings. The van der Waals surface area contributed by atoms with Crippen LogP contribution in [0.1, 0.15) is 0 Å². The molecule has 0 aliphatic rings. The van der Waals surface area contributed by atoms with Crippen molar-refractivity contribution < 1.29 is 19.3 Å². The minimum absolute atomic E-state index is 0.0810. The fraction of sp³-hybridized carbons (Fsp3) is 0. The second-order valence-electron chi connectivity index (χ2n) is 6.72. The fourth-order valence-corrected chi connectivity index (χ4v) is 5.29. The monoisotopic (exact) mass is 492 g/mol. The number of nitrogens with zero attached hydrogens (tertiary/aromatic N) is 2. The maximum absolute atomic E-state index is 11.9. The van der Waals surface area contributed by atoms with E-state index in [0.717, 1.165) is 21.6 Å². The maximum Gasteiger partial charge on any atom is 0.325 e. The third kappa shape index (κ3) is 5.48. The molecule has 0 aliphatic heterocycles. The van der Waals surface area contributed by atoms with Crippen LogP contribution in [-0.2, 0) is 0 Å². The Labute approximate surface area is 202 Å². The van der Waals surface area contributed by atoms with Gasteiger partial charge in [-0.3, -0.25) is 20.2 Å². The Balaban J connectivity index is 1.62. The molecule has 34 heavy (non-hydrogen) atoms. The summed E-state index contributed by atoms with van der Waals surface area (Å²) < 4.78 is 11.4. The van der Waals surface area contributed by atoms with Crippen molar-refractivity contribution >= 4 is 33.0 Å². The molecule has 0 amide bonds. The van der Waals surface area contributed by atoms with Crippen molar-refractivity contribution in [3.8, 4) is 23.0 Å². The lowest BCUT2D eigenvalue weighted by Gasteiger charge is -2.10. The second kappa shape index (κ2) is 10.7. The van der Waals surface area contributed by atoms with E-state index in [9.17, 15) is 20.2 Å². The van der Waals surface area contributed by atoms with E-state index in [1.54, 1.807) is 72.8 Å². The fourth-order valence-electron chi connectivity index (χ4n) is 2.98. The molecule has 0 atom stereocenters. The van der Waals surface area contributed by atoms with Crippen LogP contribution >= 0.6 is 21.6 Å². The summed E-state index contributed by atoms with van der Waals surface area (Å²) in [6.07, 6.45) is 0. The largest absolute Gasteiger partial charge is 0.450 e. The maximum atomic E-state index is 11.9. The van der Waals surface area contributed by atoms with Gasteiger partial charge in [-0.2, -0.15) is 0 Å². The summed E-state index contributed by atoms with van der Waals surface area (Å²) in [5.41, 5.74) is -0.439. The van der Waals surface area contributed by atoms with Gasteiger partial charge in [0.2, 0.25) is 11.5 Å². The van der Waals surface area contributed by atoms with E-state index < -0.39 is 9.85 Å². The lowest BCUT2D eigenvalue weighted by molar-refractivity contribution is -0.388. The Hall–Kier alpha value is -4.02. The van der Waals surface area contributed by atoms with E-state index in [1.165, 1.54) is 12.1 Å². The van der Waals surface area contributed by atoms with Gasteiger partial charge in [0.05, 0.1) is 9.85 Å². The predicted molar refractivity (Wildman–Crippen MR) is 131 cm³/mol. The van der Waals surface area contributed by atoms with Gasteiger partial charge in [-0.15, -0.1) is 0 Å².